The van der Waals surface area contributed by atoms with Gasteiger partial charge in [-0.1, -0.05) is 23.7 Å². The van der Waals surface area contributed by atoms with E-state index in [0.29, 0.717) is 35.4 Å². The summed E-state index contributed by atoms with van der Waals surface area (Å²) in [6, 6.07) is 10.2. The van der Waals surface area contributed by atoms with Crippen molar-refractivity contribution in [1.82, 2.24) is 24.6 Å². The van der Waals surface area contributed by atoms with E-state index in [2.05, 4.69) is 20.1 Å². The smallest absolute Gasteiger partial charge is 0.328 e. The summed E-state index contributed by atoms with van der Waals surface area (Å²) in [5.74, 6) is 0.648. The Labute approximate surface area is 224 Å². The highest BCUT2D eigenvalue weighted by atomic mass is 35.5. The molecular weight excluding hydrogens is 513 g/mol. The second-order valence-electron chi connectivity index (χ2n) is 9.51. The van der Waals surface area contributed by atoms with Crippen LogP contribution < -0.4 is 4.74 Å². The molecule has 2 aliphatic rings. The molecular formula is C27H29ClFN5O4. The molecule has 200 valence electrons. The van der Waals surface area contributed by atoms with Gasteiger partial charge in [-0.05, 0) is 56.6 Å². The average Bonchev–Trinajstić information content (AvgIpc) is 3.26. The van der Waals surface area contributed by atoms with Crippen LogP contribution in [0.3, 0.4) is 0 Å². The summed E-state index contributed by atoms with van der Waals surface area (Å²) in [4.78, 5) is 18.0. The van der Waals surface area contributed by atoms with Crippen LogP contribution in [0.2, 0.25) is 5.02 Å². The Hall–Kier alpha value is -3.34. The first-order valence-electron chi connectivity index (χ1n) is 12.7. The maximum Gasteiger partial charge on any atom is 0.328 e. The zero-order valence-corrected chi connectivity index (χ0v) is 21.6. The number of ether oxygens (including phenoxy) is 2. The molecule has 0 spiro atoms. The Kier molecular flexibility index (Phi) is 8.31. The topological polar surface area (TPSA) is 103 Å². The van der Waals surface area contributed by atoms with Crippen LogP contribution in [0.4, 0.5) is 4.39 Å². The number of carboxylic acids is 1. The van der Waals surface area contributed by atoms with Crippen LogP contribution in [0.15, 0.2) is 42.5 Å². The Morgan fingerprint density at radius 2 is 2.03 bits per heavy atom. The van der Waals surface area contributed by atoms with Gasteiger partial charge in [0.1, 0.15) is 18.2 Å². The van der Waals surface area contributed by atoms with Crippen LogP contribution in [-0.4, -0.2) is 61.5 Å². The molecule has 2 aliphatic heterocycles. The predicted molar refractivity (Wildman–Crippen MR) is 138 cm³/mol. The van der Waals surface area contributed by atoms with E-state index in [0.717, 1.165) is 56.6 Å². The summed E-state index contributed by atoms with van der Waals surface area (Å²) in [7, 11) is 0. The van der Waals surface area contributed by atoms with Crippen LogP contribution in [0.25, 0.3) is 6.08 Å². The van der Waals surface area contributed by atoms with Crippen LogP contribution >= 0.6 is 11.6 Å². The predicted octanol–water partition coefficient (Wildman–Crippen LogP) is 4.31. The minimum absolute atomic E-state index is 0.0775. The van der Waals surface area contributed by atoms with Crippen molar-refractivity contribution in [3.63, 3.8) is 0 Å². The van der Waals surface area contributed by atoms with E-state index in [1.54, 1.807) is 18.2 Å². The summed E-state index contributed by atoms with van der Waals surface area (Å²) in [6.07, 6.45) is 5.47. The molecule has 1 unspecified atom stereocenters. The Morgan fingerprint density at radius 1 is 1.21 bits per heavy atom. The molecule has 3 aromatic rings. The van der Waals surface area contributed by atoms with Gasteiger partial charge in [0.05, 0.1) is 19.2 Å². The maximum absolute atomic E-state index is 14.1. The lowest BCUT2D eigenvalue weighted by Gasteiger charge is -2.32. The van der Waals surface area contributed by atoms with Crippen molar-refractivity contribution in [2.45, 2.75) is 51.0 Å². The zero-order valence-electron chi connectivity index (χ0n) is 20.8. The lowest BCUT2D eigenvalue weighted by atomic mass is 9.93. The molecule has 0 saturated carbocycles. The molecule has 0 radical (unpaired) electrons. The average molecular weight is 542 g/mol. The number of rotatable bonds is 10. The van der Waals surface area contributed by atoms with Crippen molar-refractivity contribution in [2.24, 2.45) is 0 Å². The van der Waals surface area contributed by atoms with Crippen LogP contribution in [-0.2, 0) is 29.2 Å². The summed E-state index contributed by atoms with van der Waals surface area (Å²) in [5.41, 5.74) is 1.39. The number of nitrogens with zero attached hydrogens (tertiary/aromatic N) is 5. The highest BCUT2D eigenvalue weighted by Crippen LogP contribution is 2.29. The first-order valence-corrected chi connectivity index (χ1v) is 13.0. The fourth-order valence-corrected chi connectivity index (χ4v) is 4.84. The number of piperidine rings is 1. The largest absolute Gasteiger partial charge is 0.478 e. The molecule has 0 amide bonds. The van der Waals surface area contributed by atoms with Gasteiger partial charge in [0.2, 0.25) is 5.88 Å². The van der Waals surface area contributed by atoms with Crippen molar-refractivity contribution in [3.05, 3.63) is 76.2 Å². The third-order valence-corrected chi connectivity index (χ3v) is 7.15. The lowest BCUT2D eigenvalue weighted by Crippen LogP contribution is -2.35. The zero-order chi connectivity index (χ0) is 26.5. The minimum Gasteiger partial charge on any atom is -0.478 e. The Bertz CT molecular complexity index is 1300. The van der Waals surface area contributed by atoms with Gasteiger partial charge in [-0.2, -0.15) is 0 Å². The quantitative estimate of drug-likeness (QED) is 0.379. The fraction of sp³-hybridized carbons (Fsp3) is 0.407. The molecule has 11 heteroatoms. The van der Waals surface area contributed by atoms with Crippen LogP contribution in [0.1, 0.15) is 48.1 Å². The molecule has 38 heavy (non-hydrogen) atoms. The number of pyridine rings is 1. The molecule has 0 bridgehead atoms. The molecule has 9 nitrogen and oxygen atoms in total. The molecule has 1 N–H and O–H groups in total. The Morgan fingerprint density at radius 3 is 2.74 bits per heavy atom. The molecule has 2 fully saturated rings. The summed E-state index contributed by atoms with van der Waals surface area (Å²) in [5, 5.41) is 17.9. The van der Waals surface area contributed by atoms with Gasteiger partial charge in [0.15, 0.2) is 5.82 Å². The highest BCUT2D eigenvalue weighted by Gasteiger charge is 2.26. The van der Waals surface area contributed by atoms with E-state index in [9.17, 15) is 9.18 Å². The van der Waals surface area contributed by atoms with E-state index in [1.807, 2.05) is 16.7 Å². The first kappa shape index (κ1) is 26.3. The minimum atomic E-state index is -1.02. The molecule has 2 aromatic heterocycles. The maximum atomic E-state index is 14.1. The van der Waals surface area contributed by atoms with E-state index in [4.69, 9.17) is 26.2 Å². The standard InChI is InChI=1S/C27H29ClFN5O4/c28-20-5-4-19(22(29)14-20)17-38-26-3-1-2-23(30-26)18-8-11-33(12-9-18)16-25-32-31-24(6-7-27(35)36)34(25)15-21-10-13-37-21/h1-7,14,18,21H,8-13,15-17H2,(H,35,36)/b7-6+. The normalized spacial score (nSPS) is 18.5. The van der Waals surface area contributed by atoms with Crippen molar-refractivity contribution >= 4 is 23.6 Å². The van der Waals surface area contributed by atoms with Crippen LogP contribution in [0, 0.1) is 5.82 Å². The Balaban J connectivity index is 1.18. The second kappa shape index (κ2) is 12.0. The van der Waals surface area contributed by atoms with Crippen molar-refractivity contribution in [2.75, 3.05) is 19.7 Å². The molecule has 0 aliphatic carbocycles. The van der Waals surface area contributed by atoms with Gasteiger partial charge in [-0.3, -0.25) is 4.90 Å². The van der Waals surface area contributed by atoms with E-state index in [-0.39, 0.29) is 18.6 Å². The lowest BCUT2D eigenvalue weighted by molar-refractivity contribution is -0.131. The number of aromatic nitrogens is 4. The monoisotopic (exact) mass is 541 g/mol. The van der Waals surface area contributed by atoms with Crippen LogP contribution in [0.5, 0.6) is 5.88 Å². The first-order chi connectivity index (χ1) is 18.4. The number of benzene rings is 1. The van der Waals surface area contributed by atoms with E-state index in [1.165, 1.54) is 12.1 Å². The summed E-state index contributed by atoms with van der Waals surface area (Å²) >= 11 is 5.82. The third kappa shape index (κ3) is 6.56. The number of likely N-dealkylation sites (tertiary alicyclic amines) is 1. The SMILES string of the molecule is O=C(O)/C=C/c1nnc(CN2CCC(c3cccc(OCc4ccc(Cl)cc4F)n3)CC2)n1CC1CCO1. The number of hydrogen-bond donors (Lipinski definition) is 1. The van der Waals surface area contributed by atoms with E-state index < -0.39 is 11.8 Å². The molecule has 1 aromatic carbocycles. The molecule has 5 rings (SSSR count). The number of aliphatic carboxylic acids is 1. The fourth-order valence-electron chi connectivity index (χ4n) is 4.68. The number of halogens is 2. The van der Waals surface area contributed by atoms with Crippen molar-refractivity contribution in [1.29, 1.82) is 0 Å². The van der Waals surface area contributed by atoms with Gasteiger partial charge in [-0.15, -0.1) is 10.2 Å². The third-order valence-electron chi connectivity index (χ3n) is 6.92. The molecule has 4 heterocycles. The number of carbonyl (C=O) groups is 1. The van der Waals surface area contributed by atoms with Gasteiger partial charge in [0, 0.05) is 40.9 Å². The molecule has 2 saturated heterocycles. The van der Waals surface area contributed by atoms with Crippen molar-refractivity contribution < 1.29 is 23.8 Å². The highest BCUT2D eigenvalue weighted by molar-refractivity contribution is 6.30. The van der Waals surface area contributed by atoms with Gasteiger partial charge in [-0.25, -0.2) is 14.2 Å². The summed E-state index contributed by atoms with van der Waals surface area (Å²) < 4.78 is 27.4. The number of carboxylic acid groups (broad SMARTS) is 1. The van der Waals surface area contributed by atoms with Gasteiger partial charge in [0.25, 0.3) is 0 Å². The van der Waals surface area contributed by atoms with Crippen molar-refractivity contribution in [3.8, 4) is 5.88 Å². The second-order valence-corrected chi connectivity index (χ2v) is 9.95. The summed E-state index contributed by atoms with van der Waals surface area (Å²) in [6.45, 7) is 3.77. The van der Waals surface area contributed by atoms with Gasteiger partial charge < -0.3 is 19.1 Å². The van der Waals surface area contributed by atoms with E-state index >= 15 is 0 Å². The number of hydrogen-bond acceptors (Lipinski definition) is 7. The van der Waals surface area contributed by atoms with Gasteiger partial charge >= 0.3 is 5.97 Å². The molecule has 1 atom stereocenters.